The Hall–Kier alpha value is -2.51. The highest BCUT2D eigenvalue weighted by molar-refractivity contribution is 5.46. The number of unbranched alkanes of at least 4 members (excludes halogenated alkanes) is 3. The van der Waals surface area contributed by atoms with Gasteiger partial charge in [-0.15, -0.1) is 0 Å². The van der Waals surface area contributed by atoms with Gasteiger partial charge in [-0.2, -0.15) is 5.26 Å². The first-order chi connectivity index (χ1) is 15.2. The third-order valence-electron chi connectivity index (χ3n) is 6.70. The largest absolute Gasteiger partial charge is 0.192 e. The van der Waals surface area contributed by atoms with Gasteiger partial charge in [-0.1, -0.05) is 75.3 Å². The summed E-state index contributed by atoms with van der Waals surface area (Å²) in [5.41, 5.74) is 5.92. The summed E-state index contributed by atoms with van der Waals surface area (Å²) < 4.78 is 0. The molecule has 1 aliphatic carbocycles. The van der Waals surface area contributed by atoms with Crippen LogP contribution in [-0.4, -0.2) is 0 Å². The number of rotatable bonds is 8. The van der Waals surface area contributed by atoms with E-state index >= 15 is 0 Å². The fourth-order valence-corrected chi connectivity index (χ4v) is 4.64. The molecule has 1 aliphatic rings. The molecular formula is C30H37N. The fraction of sp³-hybridized carbons (Fsp3) is 0.500. The summed E-state index contributed by atoms with van der Waals surface area (Å²) in [5.74, 6) is 8.03. The zero-order chi connectivity index (χ0) is 21.9. The molecule has 1 nitrogen and oxygen atoms in total. The molecule has 1 heteroatoms. The quantitative estimate of drug-likeness (QED) is 0.319. The second kappa shape index (κ2) is 12.4. The lowest BCUT2D eigenvalue weighted by molar-refractivity contribution is 0.384. The molecule has 0 saturated heterocycles. The van der Waals surface area contributed by atoms with Gasteiger partial charge in [0.2, 0.25) is 0 Å². The van der Waals surface area contributed by atoms with Crippen LogP contribution in [0.1, 0.15) is 105 Å². The van der Waals surface area contributed by atoms with E-state index in [2.05, 4.69) is 68.2 Å². The lowest BCUT2D eigenvalue weighted by Gasteiger charge is -2.26. The molecule has 0 spiro atoms. The van der Waals surface area contributed by atoms with E-state index in [9.17, 15) is 5.26 Å². The zero-order valence-electron chi connectivity index (χ0n) is 19.4. The van der Waals surface area contributed by atoms with Crippen LogP contribution in [0.3, 0.4) is 0 Å². The summed E-state index contributed by atoms with van der Waals surface area (Å²) in [6.07, 6.45) is 13.2. The summed E-state index contributed by atoms with van der Waals surface area (Å²) in [6.45, 7) is 4.45. The molecule has 1 fully saturated rings. The van der Waals surface area contributed by atoms with Crippen LogP contribution in [0.4, 0.5) is 0 Å². The lowest BCUT2D eigenvalue weighted by atomic mass is 9.78. The standard InChI is InChI=1S/C30H37N/c1-3-5-7-8-24-12-17-28(18-13-24)29-19-14-25(15-20-29)10-11-26-16-21-27(9-6-4-2)30(22-26)23-31/h12-13,16-18,21-22,25,29H,3-9,14-15,19-20H2,1-2H3/t25-,29-. The smallest absolute Gasteiger partial charge is 0.0994 e. The number of hydrogen-bond donors (Lipinski definition) is 0. The predicted octanol–water partition coefficient (Wildman–Crippen LogP) is 7.96. The van der Waals surface area contributed by atoms with Crippen LogP contribution >= 0.6 is 0 Å². The molecule has 1 saturated carbocycles. The SMILES string of the molecule is CCCCCc1ccc([C@H]2CC[C@H](C#Cc3ccc(CCCC)c(C#N)c3)CC2)cc1. The van der Waals surface area contributed by atoms with Gasteiger partial charge in [0.15, 0.2) is 0 Å². The van der Waals surface area contributed by atoms with Crippen LogP contribution in [-0.2, 0) is 12.8 Å². The van der Waals surface area contributed by atoms with Crippen molar-refractivity contribution >= 4 is 0 Å². The highest BCUT2D eigenvalue weighted by Crippen LogP contribution is 2.35. The second-order valence-electron chi connectivity index (χ2n) is 9.10. The summed E-state index contributed by atoms with van der Waals surface area (Å²) in [5, 5.41) is 9.47. The molecule has 162 valence electrons. The first kappa shape index (κ1) is 23.2. The molecular weight excluding hydrogens is 374 g/mol. The number of nitriles is 1. The molecule has 3 rings (SSSR count). The van der Waals surface area contributed by atoms with E-state index < -0.39 is 0 Å². The Labute approximate surface area is 189 Å². The van der Waals surface area contributed by atoms with Crippen molar-refractivity contribution in [3.63, 3.8) is 0 Å². The van der Waals surface area contributed by atoms with E-state index in [1.54, 1.807) is 0 Å². The van der Waals surface area contributed by atoms with E-state index in [1.807, 2.05) is 6.07 Å². The van der Waals surface area contributed by atoms with Crippen molar-refractivity contribution in [3.05, 3.63) is 70.3 Å². The van der Waals surface area contributed by atoms with Crippen LogP contribution in [0.15, 0.2) is 42.5 Å². The molecule has 0 amide bonds. The highest BCUT2D eigenvalue weighted by atomic mass is 14.3. The summed E-state index contributed by atoms with van der Waals surface area (Å²) in [7, 11) is 0. The Kier molecular flexibility index (Phi) is 9.24. The lowest BCUT2D eigenvalue weighted by Crippen LogP contribution is -2.12. The van der Waals surface area contributed by atoms with Gasteiger partial charge in [0.25, 0.3) is 0 Å². The fourth-order valence-electron chi connectivity index (χ4n) is 4.64. The maximum atomic E-state index is 9.47. The third-order valence-corrected chi connectivity index (χ3v) is 6.70. The number of nitrogens with zero attached hydrogens (tertiary/aromatic N) is 1. The minimum absolute atomic E-state index is 0.481. The van der Waals surface area contributed by atoms with Crippen molar-refractivity contribution in [1.29, 1.82) is 5.26 Å². The van der Waals surface area contributed by atoms with Gasteiger partial charge < -0.3 is 0 Å². The minimum Gasteiger partial charge on any atom is -0.192 e. The van der Waals surface area contributed by atoms with Crippen molar-refractivity contribution in [3.8, 4) is 17.9 Å². The predicted molar refractivity (Wildman–Crippen MR) is 131 cm³/mol. The normalized spacial score (nSPS) is 18.1. The van der Waals surface area contributed by atoms with Crippen LogP contribution < -0.4 is 0 Å². The number of benzene rings is 2. The molecule has 2 aromatic rings. The van der Waals surface area contributed by atoms with E-state index in [0.717, 1.165) is 36.0 Å². The molecule has 0 unspecified atom stereocenters. The average molecular weight is 412 g/mol. The summed E-state index contributed by atoms with van der Waals surface area (Å²) >= 11 is 0. The van der Waals surface area contributed by atoms with Crippen LogP contribution in [0.25, 0.3) is 0 Å². The zero-order valence-corrected chi connectivity index (χ0v) is 19.4. The van der Waals surface area contributed by atoms with Crippen molar-refractivity contribution in [1.82, 2.24) is 0 Å². The van der Waals surface area contributed by atoms with E-state index in [1.165, 1.54) is 62.5 Å². The molecule has 0 radical (unpaired) electrons. The molecule has 0 N–H and O–H groups in total. The van der Waals surface area contributed by atoms with E-state index in [4.69, 9.17) is 0 Å². The van der Waals surface area contributed by atoms with Gasteiger partial charge in [-0.05, 0) is 86.1 Å². The summed E-state index contributed by atoms with van der Waals surface area (Å²) in [6, 6.07) is 17.9. The van der Waals surface area contributed by atoms with Gasteiger partial charge in [0, 0.05) is 11.5 Å². The van der Waals surface area contributed by atoms with Crippen molar-refractivity contribution in [2.75, 3.05) is 0 Å². The Balaban J connectivity index is 1.53. The maximum Gasteiger partial charge on any atom is 0.0994 e. The van der Waals surface area contributed by atoms with Crippen LogP contribution in [0.5, 0.6) is 0 Å². The molecule has 0 atom stereocenters. The second-order valence-corrected chi connectivity index (χ2v) is 9.10. The van der Waals surface area contributed by atoms with Crippen molar-refractivity contribution in [2.24, 2.45) is 5.92 Å². The van der Waals surface area contributed by atoms with E-state index in [-0.39, 0.29) is 0 Å². The Morgan fingerprint density at radius 2 is 1.58 bits per heavy atom. The summed E-state index contributed by atoms with van der Waals surface area (Å²) in [4.78, 5) is 0. The highest BCUT2D eigenvalue weighted by Gasteiger charge is 2.21. The number of hydrogen-bond acceptors (Lipinski definition) is 1. The van der Waals surface area contributed by atoms with Gasteiger partial charge in [-0.3, -0.25) is 0 Å². The first-order valence-electron chi connectivity index (χ1n) is 12.4. The minimum atomic E-state index is 0.481. The van der Waals surface area contributed by atoms with Gasteiger partial charge in [0.05, 0.1) is 11.6 Å². The van der Waals surface area contributed by atoms with Gasteiger partial charge >= 0.3 is 0 Å². The number of aryl methyl sites for hydroxylation is 2. The first-order valence-corrected chi connectivity index (χ1v) is 12.4. The molecule has 0 heterocycles. The van der Waals surface area contributed by atoms with Crippen molar-refractivity contribution < 1.29 is 0 Å². The maximum absolute atomic E-state index is 9.47. The third kappa shape index (κ3) is 7.01. The monoisotopic (exact) mass is 411 g/mol. The average Bonchev–Trinajstić information content (AvgIpc) is 2.82. The molecule has 0 aliphatic heterocycles. The molecule has 0 bridgehead atoms. The van der Waals surface area contributed by atoms with E-state index in [0.29, 0.717) is 11.8 Å². The van der Waals surface area contributed by atoms with Crippen LogP contribution in [0.2, 0.25) is 0 Å². The van der Waals surface area contributed by atoms with Crippen LogP contribution in [0, 0.1) is 29.1 Å². The Morgan fingerprint density at radius 1 is 0.839 bits per heavy atom. The topological polar surface area (TPSA) is 23.8 Å². The Morgan fingerprint density at radius 3 is 2.26 bits per heavy atom. The van der Waals surface area contributed by atoms with Gasteiger partial charge in [0.1, 0.15) is 0 Å². The van der Waals surface area contributed by atoms with Crippen molar-refractivity contribution in [2.45, 2.75) is 90.4 Å². The molecule has 31 heavy (non-hydrogen) atoms. The van der Waals surface area contributed by atoms with Gasteiger partial charge in [-0.25, -0.2) is 0 Å². The Bertz CT molecular complexity index is 912. The molecule has 0 aromatic heterocycles. The molecule has 2 aromatic carbocycles.